The second kappa shape index (κ2) is 6.24. The van der Waals surface area contributed by atoms with Crippen LogP contribution in [0.5, 0.6) is 0 Å². The van der Waals surface area contributed by atoms with Crippen molar-refractivity contribution >= 4 is 9.84 Å². The van der Waals surface area contributed by atoms with Crippen molar-refractivity contribution < 1.29 is 12.8 Å². The van der Waals surface area contributed by atoms with Gasteiger partial charge in [0.15, 0.2) is 9.84 Å². The van der Waals surface area contributed by atoms with Gasteiger partial charge in [-0.3, -0.25) is 0 Å². The van der Waals surface area contributed by atoms with Crippen LogP contribution in [0.1, 0.15) is 30.7 Å². The number of nitrogens with one attached hydrogen (secondary N) is 1. The summed E-state index contributed by atoms with van der Waals surface area (Å²) in [5, 5.41) is 3.40. The van der Waals surface area contributed by atoms with Crippen LogP contribution >= 0.6 is 0 Å². The highest BCUT2D eigenvalue weighted by atomic mass is 32.2. The number of sulfone groups is 1. The highest BCUT2D eigenvalue weighted by molar-refractivity contribution is 7.90. The van der Waals surface area contributed by atoms with E-state index in [0.717, 1.165) is 17.7 Å². The molecule has 1 atom stereocenters. The van der Waals surface area contributed by atoms with Gasteiger partial charge in [-0.25, -0.2) is 8.42 Å². The lowest BCUT2D eigenvalue weighted by molar-refractivity contribution is 0.403. The Morgan fingerprint density at radius 3 is 2.40 bits per heavy atom. The lowest BCUT2D eigenvalue weighted by Gasteiger charge is -2.14. The molecule has 0 aliphatic rings. The third kappa shape index (κ3) is 3.71. The van der Waals surface area contributed by atoms with E-state index in [1.807, 2.05) is 24.3 Å². The van der Waals surface area contributed by atoms with Crippen LogP contribution in [0.25, 0.3) is 0 Å². The fourth-order valence-corrected chi connectivity index (χ4v) is 2.66. The van der Waals surface area contributed by atoms with Crippen molar-refractivity contribution in [1.82, 2.24) is 5.32 Å². The van der Waals surface area contributed by atoms with Crippen molar-refractivity contribution in [2.24, 2.45) is 0 Å². The van der Waals surface area contributed by atoms with Crippen molar-refractivity contribution in [2.75, 3.05) is 6.26 Å². The molecule has 1 unspecified atom stereocenters. The van der Waals surface area contributed by atoms with E-state index in [2.05, 4.69) is 12.2 Å². The Balaban J connectivity index is 2.00. The number of rotatable bonds is 6. The highest BCUT2D eigenvalue weighted by Gasteiger charge is 2.11. The van der Waals surface area contributed by atoms with Gasteiger partial charge in [-0.05, 0) is 36.2 Å². The molecule has 108 valence electrons. The van der Waals surface area contributed by atoms with Gasteiger partial charge in [0.05, 0.1) is 17.2 Å². The van der Waals surface area contributed by atoms with Crippen molar-refractivity contribution in [3.05, 3.63) is 54.0 Å². The van der Waals surface area contributed by atoms with E-state index in [1.165, 1.54) is 6.26 Å². The lowest BCUT2D eigenvalue weighted by atomic mass is 10.1. The van der Waals surface area contributed by atoms with Crippen molar-refractivity contribution in [2.45, 2.75) is 30.8 Å². The number of hydrogen-bond donors (Lipinski definition) is 1. The Labute approximate surface area is 119 Å². The summed E-state index contributed by atoms with van der Waals surface area (Å²) in [5.41, 5.74) is 1.04. The summed E-state index contributed by atoms with van der Waals surface area (Å²) >= 11 is 0. The molecule has 0 amide bonds. The van der Waals surface area contributed by atoms with E-state index in [0.29, 0.717) is 11.4 Å². The van der Waals surface area contributed by atoms with Crippen molar-refractivity contribution in [3.63, 3.8) is 0 Å². The number of benzene rings is 1. The standard InChI is InChI=1S/C15H19NO3S/c1-3-14(15-5-4-10-19-15)16-11-12-6-8-13(9-7-12)20(2,17)18/h4-10,14,16H,3,11H2,1-2H3. The van der Waals surface area contributed by atoms with E-state index < -0.39 is 9.84 Å². The second-order valence-corrected chi connectivity index (χ2v) is 6.79. The molecule has 2 rings (SSSR count). The van der Waals surface area contributed by atoms with Crippen LogP contribution in [0.2, 0.25) is 0 Å². The zero-order valence-electron chi connectivity index (χ0n) is 11.7. The summed E-state index contributed by atoms with van der Waals surface area (Å²) in [5.74, 6) is 0.917. The minimum Gasteiger partial charge on any atom is -0.468 e. The van der Waals surface area contributed by atoms with Crippen LogP contribution in [0.3, 0.4) is 0 Å². The SMILES string of the molecule is CCC(NCc1ccc(S(C)(=O)=O)cc1)c1ccco1. The largest absolute Gasteiger partial charge is 0.468 e. The van der Waals surface area contributed by atoms with Gasteiger partial charge in [0.1, 0.15) is 5.76 Å². The first-order valence-corrected chi connectivity index (χ1v) is 8.45. The van der Waals surface area contributed by atoms with Gasteiger partial charge in [0, 0.05) is 12.8 Å². The second-order valence-electron chi connectivity index (χ2n) is 4.77. The molecule has 0 aliphatic carbocycles. The van der Waals surface area contributed by atoms with E-state index in [1.54, 1.807) is 18.4 Å². The van der Waals surface area contributed by atoms with Crippen LogP contribution in [-0.2, 0) is 16.4 Å². The van der Waals surface area contributed by atoms with Crippen LogP contribution in [0.15, 0.2) is 52.0 Å². The Kier molecular flexibility index (Phi) is 4.62. The quantitative estimate of drug-likeness (QED) is 0.889. The average molecular weight is 293 g/mol. The van der Waals surface area contributed by atoms with Gasteiger partial charge in [-0.2, -0.15) is 0 Å². The first-order valence-electron chi connectivity index (χ1n) is 6.56. The molecule has 4 nitrogen and oxygen atoms in total. The maximum atomic E-state index is 11.4. The minimum absolute atomic E-state index is 0.166. The number of hydrogen-bond acceptors (Lipinski definition) is 4. The van der Waals surface area contributed by atoms with Gasteiger partial charge in [-0.15, -0.1) is 0 Å². The first kappa shape index (κ1) is 14.8. The molecule has 1 heterocycles. The molecular formula is C15H19NO3S. The summed E-state index contributed by atoms with van der Waals surface area (Å²) in [6.07, 6.45) is 3.81. The summed E-state index contributed by atoms with van der Waals surface area (Å²) in [6.45, 7) is 2.76. The van der Waals surface area contributed by atoms with Crippen molar-refractivity contribution in [1.29, 1.82) is 0 Å². The molecule has 0 radical (unpaired) electrons. The number of furan rings is 1. The van der Waals surface area contributed by atoms with E-state index in [9.17, 15) is 8.42 Å². The molecule has 2 aromatic rings. The van der Waals surface area contributed by atoms with Crippen LogP contribution in [-0.4, -0.2) is 14.7 Å². The minimum atomic E-state index is -3.13. The highest BCUT2D eigenvalue weighted by Crippen LogP contribution is 2.18. The van der Waals surface area contributed by atoms with Crippen LogP contribution < -0.4 is 5.32 Å². The molecule has 1 aromatic heterocycles. The monoisotopic (exact) mass is 293 g/mol. The normalized spacial score (nSPS) is 13.3. The average Bonchev–Trinajstić information content (AvgIpc) is 2.93. The van der Waals surface area contributed by atoms with Crippen LogP contribution in [0.4, 0.5) is 0 Å². The van der Waals surface area contributed by atoms with E-state index >= 15 is 0 Å². The van der Waals surface area contributed by atoms with Gasteiger partial charge in [0.25, 0.3) is 0 Å². The van der Waals surface area contributed by atoms with E-state index in [-0.39, 0.29) is 6.04 Å². The molecule has 1 aromatic carbocycles. The Hall–Kier alpha value is -1.59. The predicted molar refractivity (Wildman–Crippen MR) is 78.1 cm³/mol. The molecule has 0 fully saturated rings. The molecule has 20 heavy (non-hydrogen) atoms. The van der Waals surface area contributed by atoms with Gasteiger partial charge in [0.2, 0.25) is 0 Å². The zero-order valence-corrected chi connectivity index (χ0v) is 12.5. The molecule has 0 spiro atoms. The summed E-state index contributed by atoms with van der Waals surface area (Å²) in [4.78, 5) is 0.347. The zero-order chi connectivity index (χ0) is 14.6. The Bertz CT molecular complexity index is 630. The lowest BCUT2D eigenvalue weighted by Crippen LogP contribution is -2.19. The Morgan fingerprint density at radius 1 is 1.20 bits per heavy atom. The molecule has 0 bridgehead atoms. The van der Waals surface area contributed by atoms with E-state index in [4.69, 9.17) is 4.42 Å². The molecule has 0 saturated carbocycles. The smallest absolute Gasteiger partial charge is 0.175 e. The first-order chi connectivity index (χ1) is 9.50. The maximum absolute atomic E-state index is 11.4. The summed E-state index contributed by atoms with van der Waals surface area (Å²) < 4.78 is 28.2. The molecule has 0 aliphatic heterocycles. The fourth-order valence-electron chi connectivity index (χ4n) is 2.03. The fraction of sp³-hybridized carbons (Fsp3) is 0.333. The third-order valence-electron chi connectivity index (χ3n) is 3.20. The molecular weight excluding hydrogens is 274 g/mol. The van der Waals surface area contributed by atoms with Gasteiger partial charge in [-0.1, -0.05) is 19.1 Å². The molecule has 5 heteroatoms. The van der Waals surface area contributed by atoms with Gasteiger partial charge < -0.3 is 9.73 Å². The molecule has 1 N–H and O–H groups in total. The Morgan fingerprint density at radius 2 is 1.90 bits per heavy atom. The summed E-state index contributed by atoms with van der Waals surface area (Å²) in [6, 6.07) is 10.9. The van der Waals surface area contributed by atoms with Gasteiger partial charge >= 0.3 is 0 Å². The van der Waals surface area contributed by atoms with Crippen LogP contribution in [0, 0.1) is 0 Å². The molecule has 0 saturated heterocycles. The maximum Gasteiger partial charge on any atom is 0.175 e. The topological polar surface area (TPSA) is 59.3 Å². The summed E-state index contributed by atoms with van der Waals surface area (Å²) in [7, 11) is -3.13. The third-order valence-corrected chi connectivity index (χ3v) is 4.33. The van der Waals surface area contributed by atoms with Crippen molar-refractivity contribution in [3.8, 4) is 0 Å². The predicted octanol–water partition coefficient (Wildman–Crippen LogP) is 2.92.